The fraction of sp³-hybridized carbons (Fsp3) is 0.333. The SMILES string of the molecule is CC(=O)c1ccccc1NC(=O)C[NH+](C)[C@H]1CCCc2ccccc21. The number of rotatable bonds is 5. The lowest BCUT2D eigenvalue weighted by Crippen LogP contribution is -3.10. The summed E-state index contributed by atoms with van der Waals surface area (Å²) in [4.78, 5) is 25.4. The lowest BCUT2D eigenvalue weighted by Gasteiger charge is -2.30. The molecule has 2 aromatic carbocycles. The van der Waals surface area contributed by atoms with Gasteiger partial charge < -0.3 is 10.2 Å². The van der Waals surface area contributed by atoms with Crippen molar-refractivity contribution in [2.45, 2.75) is 32.2 Å². The molecule has 4 heteroatoms. The van der Waals surface area contributed by atoms with Crippen LogP contribution in [0.4, 0.5) is 5.69 Å². The fourth-order valence-electron chi connectivity index (χ4n) is 3.74. The van der Waals surface area contributed by atoms with Crippen LogP contribution in [0.2, 0.25) is 0 Å². The number of Topliss-reactive ketones (excluding diaryl/α,β-unsaturated/α-hetero) is 1. The molecule has 0 spiro atoms. The van der Waals surface area contributed by atoms with Crippen molar-refractivity contribution in [3.63, 3.8) is 0 Å². The molecule has 3 rings (SSSR count). The van der Waals surface area contributed by atoms with Gasteiger partial charge in [-0.3, -0.25) is 9.59 Å². The van der Waals surface area contributed by atoms with Gasteiger partial charge in [-0.2, -0.15) is 0 Å². The Bertz CT molecular complexity index is 785. The van der Waals surface area contributed by atoms with E-state index in [1.54, 1.807) is 12.1 Å². The quantitative estimate of drug-likeness (QED) is 0.823. The first kappa shape index (κ1) is 17.4. The molecule has 2 atom stereocenters. The average Bonchev–Trinajstić information content (AvgIpc) is 2.61. The van der Waals surface area contributed by atoms with E-state index in [1.165, 1.54) is 23.0 Å². The van der Waals surface area contributed by atoms with Crippen molar-refractivity contribution in [1.82, 2.24) is 0 Å². The number of ketones is 1. The third kappa shape index (κ3) is 3.97. The maximum Gasteiger partial charge on any atom is 0.279 e. The molecular formula is C21H25N2O2+. The molecule has 1 unspecified atom stereocenters. The van der Waals surface area contributed by atoms with Crippen LogP contribution in [-0.4, -0.2) is 25.3 Å². The van der Waals surface area contributed by atoms with Gasteiger partial charge in [0.1, 0.15) is 6.04 Å². The monoisotopic (exact) mass is 337 g/mol. The van der Waals surface area contributed by atoms with Crippen molar-refractivity contribution in [3.05, 3.63) is 65.2 Å². The molecule has 0 radical (unpaired) electrons. The highest BCUT2D eigenvalue weighted by atomic mass is 16.2. The van der Waals surface area contributed by atoms with Crippen molar-refractivity contribution >= 4 is 17.4 Å². The number of hydrogen-bond acceptors (Lipinski definition) is 2. The van der Waals surface area contributed by atoms with Gasteiger partial charge in [-0.25, -0.2) is 0 Å². The first-order valence-electron chi connectivity index (χ1n) is 8.86. The average molecular weight is 337 g/mol. The molecular weight excluding hydrogens is 312 g/mol. The summed E-state index contributed by atoms with van der Waals surface area (Å²) in [6, 6.07) is 16.0. The lowest BCUT2D eigenvalue weighted by atomic mass is 9.87. The molecule has 0 saturated heterocycles. The number of anilines is 1. The summed E-state index contributed by atoms with van der Waals surface area (Å²) in [6.45, 7) is 1.90. The Morgan fingerprint density at radius 3 is 2.64 bits per heavy atom. The van der Waals surface area contributed by atoms with Crippen LogP contribution in [0.25, 0.3) is 0 Å². The minimum Gasteiger partial charge on any atom is -0.323 e. The number of quaternary nitrogens is 1. The Morgan fingerprint density at radius 2 is 1.84 bits per heavy atom. The predicted molar refractivity (Wildman–Crippen MR) is 99.0 cm³/mol. The van der Waals surface area contributed by atoms with E-state index >= 15 is 0 Å². The first-order chi connectivity index (χ1) is 12.1. The fourth-order valence-corrected chi connectivity index (χ4v) is 3.74. The molecule has 0 saturated carbocycles. The van der Waals surface area contributed by atoms with Crippen molar-refractivity contribution in [1.29, 1.82) is 0 Å². The molecule has 0 aromatic heterocycles. The number of benzene rings is 2. The van der Waals surface area contributed by atoms with E-state index in [-0.39, 0.29) is 11.7 Å². The molecule has 0 aliphatic heterocycles. The maximum atomic E-state index is 12.5. The smallest absolute Gasteiger partial charge is 0.279 e. The third-order valence-electron chi connectivity index (χ3n) is 4.98. The molecule has 2 aromatic rings. The maximum absolute atomic E-state index is 12.5. The van der Waals surface area contributed by atoms with E-state index in [1.807, 2.05) is 12.1 Å². The Labute approximate surface area is 148 Å². The largest absolute Gasteiger partial charge is 0.323 e. The van der Waals surface area contributed by atoms with E-state index in [9.17, 15) is 9.59 Å². The second kappa shape index (κ2) is 7.62. The number of hydrogen-bond donors (Lipinski definition) is 2. The molecule has 1 amide bonds. The summed E-state index contributed by atoms with van der Waals surface area (Å²) >= 11 is 0. The van der Waals surface area contributed by atoms with Crippen LogP contribution >= 0.6 is 0 Å². The highest BCUT2D eigenvalue weighted by molar-refractivity contribution is 6.03. The summed E-state index contributed by atoms with van der Waals surface area (Å²) in [5.74, 6) is -0.105. The number of aryl methyl sites for hydroxylation is 1. The van der Waals surface area contributed by atoms with Crippen LogP contribution in [0, 0.1) is 0 Å². The highest BCUT2D eigenvalue weighted by Gasteiger charge is 2.28. The van der Waals surface area contributed by atoms with E-state index < -0.39 is 0 Å². The zero-order valence-electron chi connectivity index (χ0n) is 14.8. The van der Waals surface area contributed by atoms with Gasteiger partial charge in [-0.1, -0.05) is 36.4 Å². The highest BCUT2D eigenvalue weighted by Crippen LogP contribution is 2.27. The molecule has 1 aliphatic carbocycles. The van der Waals surface area contributed by atoms with Gasteiger partial charge >= 0.3 is 0 Å². The van der Waals surface area contributed by atoms with Gasteiger partial charge in [0.25, 0.3) is 5.91 Å². The third-order valence-corrected chi connectivity index (χ3v) is 4.98. The molecule has 0 bridgehead atoms. The molecule has 1 aliphatic rings. The summed E-state index contributed by atoms with van der Waals surface area (Å²) in [7, 11) is 2.07. The number of para-hydroxylation sites is 1. The van der Waals surface area contributed by atoms with Crippen LogP contribution in [0.15, 0.2) is 48.5 Å². The Kier molecular flexibility index (Phi) is 5.29. The molecule has 2 N–H and O–H groups in total. The number of carbonyl (C=O) groups excluding carboxylic acids is 2. The van der Waals surface area contributed by atoms with Crippen LogP contribution in [-0.2, 0) is 11.2 Å². The van der Waals surface area contributed by atoms with Crippen molar-refractivity contribution in [2.75, 3.05) is 18.9 Å². The van der Waals surface area contributed by atoms with E-state index in [4.69, 9.17) is 0 Å². The van der Waals surface area contributed by atoms with Gasteiger partial charge in [-0.05, 0) is 37.5 Å². The van der Waals surface area contributed by atoms with Gasteiger partial charge in [0.2, 0.25) is 0 Å². The molecule has 25 heavy (non-hydrogen) atoms. The molecule has 0 heterocycles. The Balaban J connectivity index is 1.69. The van der Waals surface area contributed by atoms with Crippen molar-refractivity contribution < 1.29 is 14.5 Å². The van der Waals surface area contributed by atoms with Gasteiger partial charge in [0.15, 0.2) is 12.3 Å². The first-order valence-corrected chi connectivity index (χ1v) is 8.86. The van der Waals surface area contributed by atoms with Gasteiger partial charge in [-0.15, -0.1) is 0 Å². The van der Waals surface area contributed by atoms with Crippen molar-refractivity contribution in [2.24, 2.45) is 0 Å². The number of carbonyl (C=O) groups is 2. The molecule has 4 nitrogen and oxygen atoms in total. The molecule has 130 valence electrons. The van der Waals surface area contributed by atoms with Crippen LogP contribution < -0.4 is 10.2 Å². The normalized spacial score (nSPS) is 17.4. The summed E-state index contributed by atoms with van der Waals surface area (Å²) in [5.41, 5.74) is 3.91. The van der Waals surface area contributed by atoms with Gasteiger partial charge in [0, 0.05) is 17.5 Å². The second-order valence-corrected chi connectivity index (χ2v) is 6.82. The Morgan fingerprint density at radius 1 is 1.12 bits per heavy atom. The second-order valence-electron chi connectivity index (χ2n) is 6.82. The summed E-state index contributed by atoms with van der Waals surface area (Å²) in [5, 5.41) is 2.91. The van der Waals surface area contributed by atoms with Crippen molar-refractivity contribution in [3.8, 4) is 0 Å². The van der Waals surface area contributed by atoms with Crippen LogP contribution in [0.5, 0.6) is 0 Å². The van der Waals surface area contributed by atoms with Crippen LogP contribution in [0.1, 0.15) is 47.3 Å². The van der Waals surface area contributed by atoms with Crippen LogP contribution in [0.3, 0.4) is 0 Å². The minimum absolute atomic E-state index is 0.0437. The zero-order chi connectivity index (χ0) is 17.8. The number of likely N-dealkylation sites (N-methyl/N-ethyl adjacent to an activating group) is 1. The standard InChI is InChI=1S/C21H24N2O2/c1-15(24)17-10-5-6-12-19(17)22-21(25)14-23(2)20-13-7-9-16-8-3-4-11-18(16)20/h3-6,8,10-12,20H,7,9,13-14H2,1-2H3,(H,22,25)/p+1/t20-/m0/s1. The van der Waals surface area contributed by atoms with E-state index in [0.29, 0.717) is 23.8 Å². The predicted octanol–water partition coefficient (Wildman–Crippen LogP) is 2.42. The zero-order valence-corrected chi connectivity index (χ0v) is 14.8. The molecule has 0 fully saturated rings. The number of nitrogens with one attached hydrogen (secondary N) is 2. The summed E-state index contributed by atoms with van der Waals surface area (Å²) < 4.78 is 0. The minimum atomic E-state index is -0.0609. The Hall–Kier alpha value is -2.46. The van der Waals surface area contributed by atoms with E-state index in [0.717, 1.165) is 19.3 Å². The van der Waals surface area contributed by atoms with Gasteiger partial charge in [0.05, 0.1) is 12.7 Å². The lowest BCUT2D eigenvalue weighted by molar-refractivity contribution is -0.905. The number of amides is 1. The topological polar surface area (TPSA) is 50.6 Å². The van der Waals surface area contributed by atoms with E-state index in [2.05, 4.69) is 36.6 Å². The summed E-state index contributed by atoms with van der Waals surface area (Å²) in [6.07, 6.45) is 3.38. The number of fused-ring (bicyclic) bond motifs is 1.